The number of amides is 1. The van der Waals surface area contributed by atoms with Crippen molar-refractivity contribution in [1.82, 2.24) is 5.32 Å². The Morgan fingerprint density at radius 2 is 2.05 bits per heavy atom. The van der Waals surface area contributed by atoms with Crippen LogP contribution in [0.15, 0.2) is 0 Å². The molecule has 0 aromatic rings. The van der Waals surface area contributed by atoms with Crippen molar-refractivity contribution in [2.75, 3.05) is 0 Å². The molecular formula is C16H28BNO3. The molecule has 5 atom stereocenters. The van der Waals surface area contributed by atoms with Crippen molar-refractivity contribution in [2.24, 2.45) is 23.2 Å². The summed E-state index contributed by atoms with van der Waals surface area (Å²) >= 11 is 0. The lowest BCUT2D eigenvalue weighted by atomic mass is 9.43. The van der Waals surface area contributed by atoms with Crippen molar-refractivity contribution in [2.45, 2.75) is 71.5 Å². The van der Waals surface area contributed by atoms with E-state index < -0.39 is 0 Å². The van der Waals surface area contributed by atoms with Gasteiger partial charge in [-0.15, -0.1) is 0 Å². The zero-order valence-corrected chi connectivity index (χ0v) is 13.9. The number of rotatable bonds is 5. The molecule has 4 aliphatic rings. The first-order valence-electron chi connectivity index (χ1n) is 8.32. The summed E-state index contributed by atoms with van der Waals surface area (Å²) in [6, 6.07) is 0. The normalized spacial score (nSPS) is 41.4. The second-order valence-electron chi connectivity index (χ2n) is 8.36. The molecule has 4 fully saturated rings. The Morgan fingerprint density at radius 1 is 1.33 bits per heavy atom. The van der Waals surface area contributed by atoms with E-state index in [4.69, 9.17) is 9.31 Å². The predicted molar refractivity (Wildman–Crippen MR) is 82.6 cm³/mol. The molecule has 1 saturated heterocycles. The number of carbonyl (C=O) groups is 1. The van der Waals surface area contributed by atoms with E-state index in [0.717, 1.165) is 25.2 Å². The average molecular weight is 293 g/mol. The van der Waals surface area contributed by atoms with Gasteiger partial charge in [0.2, 0.25) is 6.41 Å². The Balaban J connectivity index is 1.76. The van der Waals surface area contributed by atoms with Crippen LogP contribution in [0.4, 0.5) is 0 Å². The van der Waals surface area contributed by atoms with Crippen LogP contribution in [-0.2, 0) is 14.1 Å². The van der Waals surface area contributed by atoms with Crippen LogP contribution in [0.25, 0.3) is 0 Å². The molecule has 4 unspecified atom stereocenters. The zero-order valence-electron chi connectivity index (χ0n) is 13.9. The highest BCUT2D eigenvalue weighted by Crippen LogP contribution is 2.65. The van der Waals surface area contributed by atoms with Crippen LogP contribution >= 0.6 is 0 Å². The molecule has 1 aliphatic heterocycles. The van der Waals surface area contributed by atoms with Gasteiger partial charge in [0.25, 0.3) is 0 Å². The van der Waals surface area contributed by atoms with Gasteiger partial charge in [-0.05, 0) is 49.4 Å². The van der Waals surface area contributed by atoms with Crippen molar-refractivity contribution in [3.05, 3.63) is 0 Å². The largest absolute Gasteiger partial charge is 0.481 e. The fourth-order valence-electron chi connectivity index (χ4n) is 4.92. The van der Waals surface area contributed by atoms with Crippen LogP contribution in [0, 0.1) is 23.2 Å². The second-order valence-corrected chi connectivity index (χ2v) is 8.36. The van der Waals surface area contributed by atoms with E-state index in [2.05, 4.69) is 39.9 Å². The van der Waals surface area contributed by atoms with Gasteiger partial charge in [-0.3, -0.25) is 4.79 Å². The Hall–Kier alpha value is -0.545. The van der Waals surface area contributed by atoms with Crippen molar-refractivity contribution >= 4 is 13.5 Å². The molecular weight excluding hydrogens is 265 g/mol. The minimum atomic E-state index is -0.303. The smallest absolute Gasteiger partial charge is 0.404 e. The summed E-state index contributed by atoms with van der Waals surface area (Å²) in [6.45, 7) is 11.2. The maximum absolute atomic E-state index is 10.9. The molecule has 1 N–H and O–H groups in total. The molecule has 0 aromatic heterocycles. The van der Waals surface area contributed by atoms with Gasteiger partial charge in [-0.2, -0.15) is 0 Å². The molecule has 3 aliphatic carbocycles. The highest BCUT2D eigenvalue weighted by atomic mass is 16.7. The van der Waals surface area contributed by atoms with Gasteiger partial charge >= 0.3 is 7.12 Å². The molecule has 118 valence electrons. The number of nitrogens with one attached hydrogen (secondary N) is 1. The number of carbonyl (C=O) groups excluding carboxylic acids is 1. The lowest BCUT2D eigenvalue weighted by Crippen LogP contribution is -2.65. The van der Waals surface area contributed by atoms with Gasteiger partial charge in [0, 0.05) is 0 Å². The Labute approximate surface area is 128 Å². The second kappa shape index (κ2) is 4.99. The van der Waals surface area contributed by atoms with Crippen LogP contribution in [0.1, 0.15) is 53.9 Å². The maximum Gasteiger partial charge on any atom is 0.481 e. The van der Waals surface area contributed by atoms with E-state index >= 15 is 0 Å². The summed E-state index contributed by atoms with van der Waals surface area (Å²) in [7, 11) is -0.303. The highest BCUT2D eigenvalue weighted by molar-refractivity contribution is 6.47. The fraction of sp³-hybridized carbons (Fsp3) is 0.938. The molecule has 0 aromatic carbocycles. The van der Waals surface area contributed by atoms with Crippen molar-refractivity contribution in [1.29, 1.82) is 0 Å². The van der Waals surface area contributed by atoms with Gasteiger partial charge in [0.1, 0.15) is 0 Å². The first kappa shape index (κ1) is 15.4. The van der Waals surface area contributed by atoms with Crippen molar-refractivity contribution in [3.8, 4) is 0 Å². The van der Waals surface area contributed by atoms with E-state index in [-0.39, 0.29) is 24.8 Å². The van der Waals surface area contributed by atoms with Crippen LogP contribution in [0.5, 0.6) is 0 Å². The van der Waals surface area contributed by atoms with Crippen LogP contribution in [0.3, 0.4) is 0 Å². The van der Waals surface area contributed by atoms with Crippen LogP contribution in [0.2, 0.25) is 0 Å². The van der Waals surface area contributed by atoms with Gasteiger partial charge < -0.3 is 14.6 Å². The Kier molecular flexibility index (Phi) is 3.65. The monoisotopic (exact) mass is 293 g/mol. The minimum Gasteiger partial charge on any atom is -0.404 e. The third kappa shape index (κ3) is 2.24. The highest BCUT2D eigenvalue weighted by Gasteiger charge is 2.68. The van der Waals surface area contributed by atoms with E-state index in [9.17, 15) is 4.79 Å². The van der Waals surface area contributed by atoms with Gasteiger partial charge in [0.05, 0.1) is 17.6 Å². The quantitative estimate of drug-likeness (QED) is 0.625. The first-order valence-corrected chi connectivity index (χ1v) is 8.32. The number of hydrogen-bond donors (Lipinski definition) is 1. The van der Waals surface area contributed by atoms with E-state index in [0.29, 0.717) is 17.3 Å². The Bertz CT molecular complexity index is 428. The Morgan fingerprint density at radius 3 is 2.62 bits per heavy atom. The van der Waals surface area contributed by atoms with Gasteiger partial charge in [-0.1, -0.05) is 27.7 Å². The summed E-state index contributed by atoms with van der Waals surface area (Å²) in [5.74, 6) is 1.76. The third-order valence-corrected chi connectivity index (χ3v) is 6.30. The summed E-state index contributed by atoms with van der Waals surface area (Å²) in [5.41, 5.74) is 0.165. The number of hydrogen-bond acceptors (Lipinski definition) is 3. The molecule has 4 nitrogen and oxygen atoms in total. The van der Waals surface area contributed by atoms with Crippen LogP contribution < -0.4 is 5.32 Å². The SMILES string of the molecule is CC(C)C[C@H](NC=O)B1OC2CC3CC(C3(C)C)C2(C)O1. The molecule has 0 radical (unpaired) electrons. The van der Waals surface area contributed by atoms with E-state index in [1.165, 1.54) is 6.42 Å². The summed E-state index contributed by atoms with van der Waals surface area (Å²) < 4.78 is 12.6. The van der Waals surface area contributed by atoms with Crippen LogP contribution in [-0.4, -0.2) is 31.2 Å². The maximum atomic E-state index is 10.9. The lowest BCUT2D eigenvalue weighted by molar-refractivity contribution is -0.199. The standard InChI is InChI=1S/C16H28BNO3/c1-10(2)6-14(18-9-19)17-20-13-8-11-7-12(15(11,3)4)16(13,5)21-17/h9-14H,6-8H2,1-5H3,(H,18,19)/t11?,12?,13?,14-,16?/m0/s1. The molecule has 0 spiro atoms. The summed E-state index contributed by atoms with van der Waals surface area (Å²) in [4.78, 5) is 10.9. The minimum absolute atomic E-state index is 0.0507. The zero-order chi connectivity index (χ0) is 15.4. The molecule has 4 rings (SSSR count). The molecule has 21 heavy (non-hydrogen) atoms. The topological polar surface area (TPSA) is 47.6 Å². The third-order valence-electron chi connectivity index (χ3n) is 6.30. The molecule has 1 amide bonds. The lowest BCUT2D eigenvalue weighted by Gasteiger charge is -2.64. The van der Waals surface area contributed by atoms with E-state index in [1.54, 1.807) is 0 Å². The fourth-order valence-corrected chi connectivity index (χ4v) is 4.92. The van der Waals surface area contributed by atoms with Crippen molar-refractivity contribution in [3.63, 3.8) is 0 Å². The molecule has 5 heteroatoms. The molecule has 3 saturated carbocycles. The molecule has 1 heterocycles. The summed E-state index contributed by atoms with van der Waals surface area (Å²) in [6.07, 6.45) is 4.18. The van der Waals surface area contributed by atoms with E-state index in [1.807, 2.05) is 0 Å². The summed E-state index contributed by atoms with van der Waals surface area (Å²) in [5, 5.41) is 2.90. The first-order chi connectivity index (χ1) is 9.79. The average Bonchev–Trinajstić information content (AvgIpc) is 2.74. The van der Waals surface area contributed by atoms with Gasteiger partial charge in [-0.25, -0.2) is 0 Å². The predicted octanol–water partition coefficient (Wildman–Crippen LogP) is 2.41. The van der Waals surface area contributed by atoms with Crippen molar-refractivity contribution < 1.29 is 14.1 Å². The molecule has 2 bridgehead atoms. The van der Waals surface area contributed by atoms with Gasteiger partial charge in [0.15, 0.2) is 0 Å².